The molecular formula is C6H3N3OS2. The molecule has 0 amide bonds. The highest BCUT2D eigenvalue weighted by Crippen LogP contribution is 2.07. The van der Waals surface area contributed by atoms with Crippen molar-refractivity contribution in [2.45, 2.75) is 0 Å². The first-order valence-electron chi connectivity index (χ1n) is 3.10. The smallest absolute Gasteiger partial charge is 0.233 e. The first-order valence-corrected chi connectivity index (χ1v) is 4.67. The van der Waals surface area contributed by atoms with Crippen LogP contribution in [0.25, 0.3) is 0 Å². The molecular weight excluding hydrogens is 194 g/mol. The zero-order valence-corrected chi connectivity index (χ0v) is 7.43. The molecule has 0 saturated heterocycles. The molecule has 0 N–H and O–H groups in total. The molecule has 2 aromatic heterocycles. The van der Waals surface area contributed by atoms with Crippen LogP contribution in [-0.2, 0) is 0 Å². The molecule has 0 unspecified atom stereocenters. The zero-order valence-electron chi connectivity index (χ0n) is 5.80. The number of carbonyl (C=O) groups excluding carboxylic acids is 1. The standard InChI is InChI=1S/C6H3N3OS2/c10-6(4-1-2-11-8-4)5-3-7-12-9-5/h1-3H. The molecule has 0 aliphatic carbocycles. The van der Waals surface area contributed by atoms with Gasteiger partial charge < -0.3 is 0 Å². The Morgan fingerprint density at radius 3 is 2.83 bits per heavy atom. The minimum atomic E-state index is -0.162. The highest BCUT2D eigenvalue weighted by molar-refractivity contribution is 7.03. The number of nitrogens with zero attached hydrogens (tertiary/aromatic N) is 3. The van der Waals surface area contributed by atoms with Crippen LogP contribution in [0.3, 0.4) is 0 Å². The molecule has 0 aromatic carbocycles. The maximum Gasteiger partial charge on any atom is 0.233 e. The lowest BCUT2D eigenvalue weighted by Gasteiger charge is -1.86. The first kappa shape index (κ1) is 7.51. The second kappa shape index (κ2) is 3.08. The van der Waals surface area contributed by atoms with Crippen molar-refractivity contribution in [2.24, 2.45) is 0 Å². The quantitative estimate of drug-likeness (QED) is 0.679. The maximum atomic E-state index is 11.4. The highest BCUT2D eigenvalue weighted by Gasteiger charge is 2.12. The van der Waals surface area contributed by atoms with Crippen molar-refractivity contribution in [2.75, 3.05) is 0 Å². The Morgan fingerprint density at radius 2 is 2.25 bits per heavy atom. The predicted octanol–water partition coefficient (Wildman–Crippen LogP) is 1.23. The van der Waals surface area contributed by atoms with Crippen molar-refractivity contribution in [3.8, 4) is 0 Å². The molecule has 0 spiro atoms. The van der Waals surface area contributed by atoms with Gasteiger partial charge in [-0.2, -0.15) is 13.1 Å². The number of hydrogen-bond acceptors (Lipinski definition) is 6. The lowest BCUT2D eigenvalue weighted by atomic mass is 10.2. The summed E-state index contributed by atoms with van der Waals surface area (Å²) in [7, 11) is 0. The van der Waals surface area contributed by atoms with E-state index in [1.807, 2.05) is 0 Å². The molecule has 60 valence electrons. The third kappa shape index (κ3) is 1.26. The van der Waals surface area contributed by atoms with Crippen LogP contribution in [0.1, 0.15) is 16.2 Å². The monoisotopic (exact) mass is 197 g/mol. The molecule has 0 aliphatic heterocycles. The number of rotatable bonds is 2. The SMILES string of the molecule is O=C(c1ccsn1)c1cnsn1. The van der Waals surface area contributed by atoms with Gasteiger partial charge in [-0.15, -0.1) is 0 Å². The van der Waals surface area contributed by atoms with Crippen molar-refractivity contribution >= 4 is 29.0 Å². The van der Waals surface area contributed by atoms with Crippen molar-refractivity contribution in [3.63, 3.8) is 0 Å². The van der Waals surface area contributed by atoms with Gasteiger partial charge in [0.15, 0.2) is 0 Å². The second-order valence-electron chi connectivity index (χ2n) is 2.01. The average Bonchev–Trinajstić information content (AvgIpc) is 2.77. The minimum Gasteiger partial charge on any atom is -0.285 e. The van der Waals surface area contributed by atoms with Crippen molar-refractivity contribution in [3.05, 3.63) is 29.0 Å². The largest absolute Gasteiger partial charge is 0.285 e. The van der Waals surface area contributed by atoms with Crippen LogP contribution >= 0.6 is 23.3 Å². The van der Waals surface area contributed by atoms with Crippen LogP contribution < -0.4 is 0 Å². The van der Waals surface area contributed by atoms with Crippen LogP contribution in [0, 0.1) is 0 Å². The van der Waals surface area contributed by atoms with Gasteiger partial charge in [0.25, 0.3) is 0 Å². The summed E-state index contributed by atoms with van der Waals surface area (Å²) in [6.45, 7) is 0. The molecule has 0 radical (unpaired) electrons. The number of ketones is 1. The molecule has 2 aromatic rings. The lowest BCUT2D eigenvalue weighted by molar-refractivity contribution is 0.103. The van der Waals surface area contributed by atoms with Gasteiger partial charge in [-0.05, 0) is 17.6 Å². The summed E-state index contributed by atoms with van der Waals surface area (Å²) in [4.78, 5) is 11.4. The third-order valence-electron chi connectivity index (χ3n) is 1.26. The number of hydrogen-bond donors (Lipinski definition) is 0. The Kier molecular flexibility index (Phi) is 1.92. The fourth-order valence-electron chi connectivity index (χ4n) is 0.726. The van der Waals surface area contributed by atoms with Crippen LogP contribution in [0.5, 0.6) is 0 Å². The average molecular weight is 197 g/mol. The summed E-state index contributed by atoms with van der Waals surface area (Å²) in [5, 5.41) is 1.76. The molecule has 0 saturated carbocycles. The van der Waals surface area contributed by atoms with E-state index in [4.69, 9.17) is 0 Å². The van der Waals surface area contributed by atoms with Crippen LogP contribution in [0.2, 0.25) is 0 Å². The van der Waals surface area contributed by atoms with Gasteiger partial charge in [-0.25, -0.2) is 0 Å². The van der Waals surface area contributed by atoms with E-state index in [0.29, 0.717) is 11.4 Å². The Bertz CT molecular complexity index is 331. The van der Waals surface area contributed by atoms with Crippen LogP contribution in [0.4, 0.5) is 0 Å². The Morgan fingerprint density at radius 1 is 1.33 bits per heavy atom. The molecule has 12 heavy (non-hydrogen) atoms. The van der Waals surface area contributed by atoms with Gasteiger partial charge in [0, 0.05) is 5.38 Å². The Hall–Kier alpha value is -1.14. The van der Waals surface area contributed by atoms with Gasteiger partial charge in [0.2, 0.25) is 5.78 Å². The summed E-state index contributed by atoms with van der Waals surface area (Å²) < 4.78 is 11.5. The van der Waals surface area contributed by atoms with Gasteiger partial charge in [-0.3, -0.25) is 4.79 Å². The third-order valence-corrected chi connectivity index (χ3v) is 2.30. The molecule has 2 rings (SSSR count). The molecule has 0 aliphatic rings. The number of carbonyl (C=O) groups is 1. The summed E-state index contributed by atoms with van der Waals surface area (Å²) in [6.07, 6.45) is 1.45. The van der Waals surface area contributed by atoms with E-state index in [2.05, 4.69) is 13.1 Å². The van der Waals surface area contributed by atoms with Crippen molar-refractivity contribution < 1.29 is 4.79 Å². The van der Waals surface area contributed by atoms with Gasteiger partial charge in [-0.1, -0.05) is 0 Å². The molecule has 2 heterocycles. The summed E-state index contributed by atoms with van der Waals surface area (Å²) in [5.74, 6) is -0.162. The van der Waals surface area contributed by atoms with Crippen LogP contribution in [0.15, 0.2) is 17.6 Å². The summed E-state index contributed by atoms with van der Waals surface area (Å²) >= 11 is 2.27. The van der Waals surface area contributed by atoms with E-state index in [0.717, 1.165) is 11.7 Å². The molecule has 4 nitrogen and oxygen atoms in total. The van der Waals surface area contributed by atoms with E-state index < -0.39 is 0 Å². The van der Waals surface area contributed by atoms with Crippen molar-refractivity contribution in [1.82, 2.24) is 13.1 Å². The lowest BCUT2D eigenvalue weighted by Crippen LogP contribution is -2.00. The molecule has 6 heteroatoms. The second-order valence-corrected chi connectivity index (χ2v) is 3.23. The minimum absolute atomic E-state index is 0.162. The highest BCUT2D eigenvalue weighted by atomic mass is 32.1. The van der Waals surface area contributed by atoms with Gasteiger partial charge in [0.05, 0.1) is 17.9 Å². The first-order chi connectivity index (χ1) is 5.88. The predicted molar refractivity (Wildman–Crippen MR) is 45.5 cm³/mol. The van der Waals surface area contributed by atoms with E-state index in [1.54, 1.807) is 11.4 Å². The topological polar surface area (TPSA) is 55.7 Å². The number of aromatic nitrogens is 3. The van der Waals surface area contributed by atoms with Crippen molar-refractivity contribution in [1.29, 1.82) is 0 Å². The van der Waals surface area contributed by atoms with E-state index in [1.165, 1.54) is 17.7 Å². The summed E-state index contributed by atoms with van der Waals surface area (Å²) in [5.41, 5.74) is 0.804. The van der Waals surface area contributed by atoms with Gasteiger partial charge in [0.1, 0.15) is 11.4 Å². The maximum absolute atomic E-state index is 11.4. The van der Waals surface area contributed by atoms with E-state index in [9.17, 15) is 4.79 Å². The zero-order chi connectivity index (χ0) is 8.39. The molecule has 0 fully saturated rings. The normalized spacial score (nSPS) is 10.0. The van der Waals surface area contributed by atoms with Gasteiger partial charge >= 0.3 is 0 Å². The summed E-state index contributed by atoms with van der Waals surface area (Å²) in [6, 6.07) is 1.67. The molecule has 0 bridgehead atoms. The molecule has 0 atom stereocenters. The Balaban J connectivity index is 2.34. The fourth-order valence-corrected chi connectivity index (χ4v) is 1.65. The van der Waals surface area contributed by atoms with E-state index in [-0.39, 0.29) is 5.78 Å². The van der Waals surface area contributed by atoms with Crippen LogP contribution in [-0.4, -0.2) is 18.9 Å². The van der Waals surface area contributed by atoms with E-state index >= 15 is 0 Å². The Labute approximate surface area is 76.4 Å². The fraction of sp³-hybridized carbons (Fsp3) is 0.